The van der Waals surface area contributed by atoms with Crippen LogP contribution in [-0.2, 0) is 15.0 Å². The third-order valence-corrected chi connectivity index (χ3v) is 8.32. The molecule has 0 bridgehead atoms. The number of imide groups is 1. The molecule has 0 aromatic heterocycles. The van der Waals surface area contributed by atoms with Crippen molar-refractivity contribution in [3.63, 3.8) is 0 Å². The van der Waals surface area contributed by atoms with Gasteiger partial charge >= 0.3 is 6.03 Å². The van der Waals surface area contributed by atoms with Crippen LogP contribution in [0.2, 0.25) is 0 Å². The summed E-state index contributed by atoms with van der Waals surface area (Å²) >= 11 is 0. The fourth-order valence-electron chi connectivity index (χ4n) is 4.25. The van der Waals surface area contributed by atoms with Crippen LogP contribution in [0.1, 0.15) is 43.7 Å². The summed E-state index contributed by atoms with van der Waals surface area (Å²) in [5.74, 6) is -0.406. The molecule has 0 spiro atoms. The van der Waals surface area contributed by atoms with E-state index in [1.807, 2.05) is 36.9 Å². The van der Waals surface area contributed by atoms with Crippen LogP contribution >= 0.6 is 0 Å². The van der Waals surface area contributed by atoms with Crippen LogP contribution in [0.15, 0.2) is 18.2 Å². The molecule has 3 amide bonds. The highest BCUT2D eigenvalue weighted by Crippen LogP contribution is 2.19. The Bertz CT molecular complexity index is 920. The van der Waals surface area contributed by atoms with Gasteiger partial charge in [0.15, 0.2) is 0 Å². The van der Waals surface area contributed by atoms with Crippen LogP contribution in [-0.4, -0.2) is 79.2 Å². The number of rotatable bonds is 5. The lowest BCUT2D eigenvalue weighted by Crippen LogP contribution is -2.57. The molecule has 178 valence electrons. The zero-order chi connectivity index (χ0) is 23.3. The fraction of sp³-hybridized carbons (Fsp3) is 0.636. The van der Waals surface area contributed by atoms with Crippen molar-refractivity contribution in [1.29, 1.82) is 0 Å². The Balaban J connectivity index is 1.50. The summed E-state index contributed by atoms with van der Waals surface area (Å²) in [6.07, 6.45) is 3.95. The van der Waals surface area contributed by atoms with Crippen molar-refractivity contribution in [2.24, 2.45) is 0 Å². The van der Waals surface area contributed by atoms with Crippen molar-refractivity contribution >= 4 is 27.8 Å². The SMILES string of the molecule is Cc1ccc(NC(=O)NC(=O)C(C)N2CCN(S(=O)(=O)N3CCCCCC3)CC2)c(C)c1. The number of amides is 3. The molecule has 2 saturated heterocycles. The third kappa shape index (κ3) is 6.06. The predicted molar refractivity (Wildman–Crippen MR) is 125 cm³/mol. The largest absolute Gasteiger partial charge is 0.325 e. The predicted octanol–water partition coefficient (Wildman–Crippen LogP) is 2.08. The topological polar surface area (TPSA) is 102 Å². The number of carbonyl (C=O) groups is 2. The number of nitrogens with zero attached hydrogens (tertiary/aromatic N) is 3. The van der Waals surface area contributed by atoms with E-state index in [1.54, 1.807) is 11.2 Å². The Morgan fingerprint density at radius 3 is 2.09 bits per heavy atom. The molecule has 2 heterocycles. The second-order valence-corrected chi connectivity index (χ2v) is 10.6. The summed E-state index contributed by atoms with van der Waals surface area (Å²) in [7, 11) is -3.46. The summed E-state index contributed by atoms with van der Waals surface area (Å²) in [5, 5.41) is 5.11. The first-order chi connectivity index (χ1) is 15.2. The molecule has 0 radical (unpaired) electrons. The number of urea groups is 1. The standard InChI is InChI=1S/C22H35N5O4S/c1-17-8-9-20(18(2)16-17)23-22(29)24-21(28)19(3)25-12-14-27(15-13-25)32(30,31)26-10-6-4-5-7-11-26/h8-9,16,19H,4-7,10-15H2,1-3H3,(H2,23,24,28,29). The Hall–Kier alpha value is -2.01. The number of piperazine rings is 1. The maximum Gasteiger partial charge on any atom is 0.325 e. The number of hydrogen-bond acceptors (Lipinski definition) is 5. The summed E-state index contributed by atoms with van der Waals surface area (Å²) in [5.41, 5.74) is 2.67. The van der Waals surface area contributed by atoms with E-state index in [1.165, 1.54) is 4.31 Å². The number of carbonyl (C=O) groups excluding carboxylic acids is 2. The molecule has 2 fully saturated rings. The molecule has 32 heavy (non-hydrogen) atoms. The van der Waals surface area contributed by atoms with Gasteiger partial charge in [0.05, 0.1) is 6.04 Å². The van der Waals surface area contributed by atoms with Gasteiger partial charge in [-0.2, -0.15) is 17.0 Å². The Labute approximate surface area is 191 Å². The van der Waals surface area contributed by atoms with E-state index in [9.17, 15) is 18.0 Å². The monoisotopic (exact) mass is 465 g/mol. The molecule has 2 N–H and O–H groups in total. The molecule has 2 aliphatic heterocycles. The summed E-state index contributed by atoms with van der Waals surface area (Å²) in [6, 6.07) is 4.55. The van der Waals surface area contributed by atoms with E-state index in [0.717, 1.165) is 36.8 Å². The first kappa shape index (κ1) is 24.6. The van der Waals surface area contributed by atoms with E-state index in [2.05, 4.69) is 10.6 Å². The third-order valence-electron chi connectivity index (χ3n) is 6.28. The molecule has 0 saturated carbocycles. The minimum absolute atomic E-state index is 0.339. The normalized spacial score (nSPS) is 20.3. The van der Waals surface area contributed by atoms with Gasteiger partial charge < -0.3 is 5.32 Å². The molecule has 10 heteroatoms. The Kier molecular flexibility index (Phi) is 8.26. The molecule has 9 nitrogen and oxygen atoms in total. The van der Waals surface area contributed by atoms with Crippen molar-refractivity contribution in [2.45, 2.75) is 52.5 Å². The maximum absolute atomic E-state index is 13.0. The van der Waals surface area contributed by atoms with Gasteiger partial charge in [-0.1, -0.05) is 30.5 Å². The van der Waals surface area contributed by atoms with Gasteiger partial charge in [-0.25, -0.2) is 4.79 Å². The first-order valence-electron chi connectivity index (χ1n) is 11.4. The van der Waals surface area contributed by atoms with E-state index in [4.69, 9.17) is 0 Å². The highest BCUT2D eigenvalue weighted by Gasteiger charge is 2.34. The van der Waals surface area contributed by atoms with Crippen LogP contribution < -0.4 is 10.6 Å². The minimum atomic E-state index is -3.46. The van der Waals surface area contributed by atoms with Crippen molar-refractivity contribution in [3.8, 4) is 0 Å². The zero-order valence-corrected chi connectivity index (χ0v) is 20.1. The molecule has 1 aromatic carbocycles. The molecule has 1 unspecified atom stereocenters. The summed E-state index contributed by atoms with van der Waals surface area (Å²) in [6.45, 7) is 8.33. The number of nitrogens with one attached hydrogen (secondary N) is 2. The fourth-order valence-corrected chi connectivity index (χ4v) is 5.92. The molecule has 2 aliphatic rings. The lowest BCUT2D eigenvalue weighted by atomic mass is 10.1. The molecule has 3 rings (SSSR count). The van der Waals surface area contributed by atoms with E-state index >= 15 is 0 Å². The van der Waals surface area contributed by atoms with Crippen LogP contribution in [0.4, 0.5) is 10.5 Å². The van der Waals surface area contributed by atoms with Crippen LogP contribution in [0, 0.1) is 13.8 Å². The average Bonchev–Trinajstić information content (AvgIpc) is 3.05. The lowest BCUT2D eigenvalue weighted by Gasteiger charge is -2.38. The van der Waals surface area contributed by atoms with Gasteiger partial charge in [0.1, 0.15) is 0 Å². The average molecular weight is 466 g/mol. The van der Waals surface area contributed by atoms with Crippen molar-refractivity contribution in [1.82, 2.24) is 18.8 Å². The lowest BCUT2D eigenvalue weighted by molar-refractivity contribution is -0.125. The van der Waals surface area contributed by atoms with Crippen molar-refractivity contribution < 1.29 is 18.0 Å². The molecule has 0 aliphatic carbocycles. The summed E-state index contributed by atoms with van der Waals surface area (Å²) < 4.78 is 29.1. The number of hydrogen-bond donors (Lipinski definition) is 2. The zero-order valence-electron chi connectivity index (χ0n) is 19.3. The quantitative estimate of drug-likeness (QED) is 0.693. The minimum Gasteiger partial charge on any atom is -0.307 e. The van der Waals surface area contributed by atoms with E-state index in [0.29, 0.717) is 45.0 Å². The van der Waals surface area contributed by atoms with Gasteiger partial charge in [-0.15, -0.1) is 0 Å². The van der Waals surface area contributed by atoms with Gasteiger partial charge in [-0.3, -0.25) is 15.0 Å². The van der Waals surface area contributed by atoms with E-state index in [-0.39, 0.29) is 0 Å². The Morgan fingerprint density at radius 2 is 1.50 bits per heavy atom. The van der Waals surface area contributed by atoms with Crippen LogP contribution in [0.3, 0.4) is 0 Å². The van der Waals surface area contributed by atoms with Crippen LogP contribution in [0.25, 0.3) is 0 Å². The van der Waals surface area contributed by atoms with Crippen molar-refractivity contribution in [3.05, 3.63) is 29.3 Å². The first-order valence-corrected chi connectivity index (χ1v) is 12.8. The summed E-state index contributed by atoms with van der Waals surface area (Å²) in [4.78, 5) is 26.8. The number of benzene rings is 1. The number of aryl methyl sites for hydroxylation is 2. The van der Waals surface area contributed by atoms with Gasteiger partial charge in [0.25, 0.3) is 10.2 Å². The van der Waals surface area contributed by atoms with Crippen molar-refractivity contribution in [2.75, 3.05) is 44.6 Å². The second kappa shape index (κ2) is 10.7. The highest BCUT2D eigenvalue weighted by atomic mass is 32.2. The second-order valence-electron chi connectivity index (χ2n) is 8.69. The number of anilines is 1. The van der Waals surface area contributed by atoms with Gasteiger partial charge in [-0.05, 0) is 45.2 Å². The van der Waals surface area contributed by atoms with E-state index < -0.39 is 28.2 Å². The van der Waals surface area contributed by atoms with Gasteiger partial charge in [0, 0.05) is 45.0 Å². The highest BCUT2D eigenvalue weighted by molar-refractivity contribution is 7.86. The van der Waals surface area contributed by atoms with Gasteiger partial charge in [0.2, 0.25) is 5.91 Å². The van der Waals surface area contributed by atoms with Crippen LogP contribution in [0.5, 0.6) is 0 Å². The Morgan fingerprint density at radius 1 is 0.906 bits per heavy atom. The molecule has 1 aromatic rings. The molecular formula is C22H35N5O4S. The molecular weight excluding hydrogens is 430 g/mol. The molecule has 1 atom stereocenters. The smallest absolute Gasteiger partial charge is 0.307 e. The maximum atomic E-state index is 13.0.